The van der Waals surface area contributed by atoms with E-state index in [1.807, 2.05) is 0 Å². The zero-order valence-corrected chi connectivity index (χ0v) is 8.92. The minimum atomic E-state index is -0.514. The van der Waals surface area contributed by atoms with Crippen LogP contribution < -0.4 is 10.5 Å². The van der Waals surface area contributed by atoms with Crippen LogP contribution in [0.5, 0.6) is 5.75 Å². The van der Waals surface area contributed by atoms with E-state index in [-0.39, 0.29) is 24.1 Å². The van der Waals surface area contributed by atoms with Gasteiger partial charge in [0.05, 0.1) is 12.0 Å². The summed E-state index contributed by atoms with van der Waals surface area (Å²) >= 11 is 0. The lowest BCUT2D eigenvalue weighted by Crippen LogP contribution is -2.12. The monoisotopic (exact) mass is 226 g/mol. The maximum atomic E-state index is 10.6. The molecule has 1 unspecified atom stereocenters. The fourth-order valence-electron chi connectivity index (χ4n) is 1.38. The number of hydrogen-bond donors (Lipinski definition) is 2. The van der Waals surface area contributed by atoms with Crippen LogP contribution in [0.1, 0.15) is 18.0 Å². The third-order valence-electron chi connectivity index (χ3n) is 2.27. The first-order valence-electron chi connectivity index (χ1n) is 4.79. The molecule has 0 aliphatic heterocycles. The van der Waals surface area contributed by atoms with Crippen molar-refractivity contribution in [3.05, 3.63) is 33.9 Å². The number of nitrogens with zero attached hydrogens (tertiary/aromatic N) is 1. The van der Waals surface area contributed by atoms with Crippen LogP contribution >= 0.6 is 0 Å². The zero-order chi connectivity index (χ0) is 12.1. The molecule has 0 fully saturated rings. The second-order valence-electron chi connectivity index (χ2n) is 3.31. The van der Waals surface area contributed by atoms with Gasteiger partial charge in [-0.1, -0.05) is 6.07 Å². The Kier molecular flexibility index (Phi) is 4.21. The maximum Gasteiger partial charge on any atom is 0.310 e. The minimum Gasteiger partial charge on any atom is -0.490 e. The number of nitrogens with two attached hydrogens (primary N) is 1. The van der Waals surface area contributed by atoms with E-state index in [0.29, 0.717) is 12.0 Å². The van der Waals surface area contributed by atoms with Gasteiger partial charge >= 0.3 is 5.69 Å². The molecule has 0 saturated heterocycles. The van der Waals surface area contributed by atoms with E-state index in [2.05, 4.69) is 0 Å². The van der Waals surface area contributed by atoms with Gasteiger partial charge in [0.25, 0.3) is 0 Å². The van der Waals surface area contributed by atoms with Gasteiger partial charge in [0.2, 0.25) is 0 Å². The summed E-state index contributed by atoms with van der Waals surface area (Å²) in [6, 6.07) is 4.10. The van der Waals surface area contributed by atoms with E-state index in [1.165, 1.54) is 19.2 Å². The molecule has 0 aromatic heterocycles. The largest absolute Gasteiger partial charge is 0.490 e. The molecule has 0 spiro atoms. The SMILES string of the molecule is COc1cc(C(N)CCO)ccc1[N+](=O)[O-]. The number of aliphatic hydroxyl groups is 1. The number of benzene rings is 1. The van der Waals surface area contributed by atoms with E-state index in [4.69, 9.17) is 15.6 Å². The number of hydrogen-bond acceptors (Lipinski definition) is 5. The van der Waals surface area contributed by atoms with Crippen molar-refractivity contribution in [2.75, 3.05) is 13.7 Å². The summed E-state index contributed by atoms with van der Waals surface area (Å²) in [6.45, 7) is -0.0273. The number of rotatable bonds is 5. The Morgan fingerprint density at radius 3 is 2.81 bits per heavy atom. The van der Waals surface area contributed by atoms with Gasteiger partial charge in [-0.05, 0) is 18.1 Å². The van der Waals surface area contributed by atoms with Gasteiger partial charge in [-0.25, -0.2) is 0 Å². The molecule has 1 rings (SSSR count). The van der Waals surface area contributed by atoms with E-state index in [1.54, 1.807) is 6.07 Å². The highest BCUT2D eigenvalue weighted by molar-refractivity contribution is 5.49. The molecular formula is C10H14N2O4. The topological polar surface area (TPSA) is 98.6 Å². The van der Waals surface area contributed by atoms with Crippen LogP contribution in [-0.4, -0.2) is 23.7 Å². The fraction of sp³-hybridized carbons (Fsp3) is 0.400. The smallest absolute Gasteiger partial charge is 0.310 e. The molecule has 1 atom stereocenters. The van der Waals surface area contributed by atoms with Crippen LogP contribution in [0.15, 0.2) is 18.2 Å². The quantitative estimate of drug-likeness (QED) is 0.576. The zero-order valence-electron chi connectivity index (χ0n) is 8.92. The standard InChI is InChI=1S/C10H14N2O4/c1-16-10-6-7(8(11)4-5-13)2-3-9(10)12(14)15/h2-3,6,8,13H,4-5,11H2,1H3. The molecular weight excluding hydrogens is 212 g/mol. The molecule has 0 radical (unpaired) electrons. The molecule has 88 valence electrons. The third kappa shape index (κ3) is 2.68. The summed E-state index contributed by atoms with van der Waals surface area (Å²) in [4.78, 5) is 10.1. The number of aliphatic hydroxyl groups excluding tert-OH is 1. The van der Waals surface area contributed by atoms with Crippen LogP contribution in [-0.2, 0) is 0 Å². The lowest BCUT2D eigenvalue weighted by atomic mass is 10.0. The van der Waals surface area contributed by atoms with Gasteiger partial charge < -0.3 is 15.6 Å². The number of nitro groups is 1. The normalized spacial score (nSPS) is 12.2. The maximum absolute atomic E-state index is 10.6. The first kappa shape index (κ1) is 12.4. The van der Waals surface area contributed by atoms with Crippen molar-refractivity contribution in [3.8, 4) is 5.75 Å². The summed E-state index contributed by atoms with van der Waals surface area (Å²) in [7, 11) is 1.36. The number of methoxy groups -OCH3 is 1. The predicted octanol–water partition coefficient (Wildman–Crippen LogP) is 0.986. The molecule has 0 aliphatic rings. The van der Waals surface area contributed by atoms with Gasteiger partial charge in [-0.3, -0.25) is 10.1 Å². The van der Waals surface area contributed by atoms with Crippen molar-refractivity contribution in [1.29, 1.82) is 0 Å². The first-order valence-corrected chi connectivity index (χ1v) is 4.79. The van der Waals surface area contributed by atoms with E-state index >= 15 is 0 Å². The van der Waals surface area contributed by atoms with Crippen molar-refractivity contribution < 1.29 is 14.8 Å². The van der Waals surface area contributed by atoms with Crippen LogP contribution in [0, 0.1) is 10.1 Å². The summed E-state index contributed by atoms with van der Waals surface area (Å²) in [5.74, 6) is 0.177. The highest BCUT2D eigenvalue weighted by atomic mass is 16.6. The molecule has 6 nitrogen and oxygen atoms in total. The second-order valence-corrected chi connectivity index (χ2v) is 3.31. The Bertz CT molecular complexity index is 381. The average molecular weight is 226 g/mol. The Balaban J connectivity index is 3.03. The van der Waals surface area contributed by atoms with Crippen molar-refractivity contribution in [2.45, 2.75) is 12.5 Å². The fourth-order valence-corrected chi connectivity index (χ4v) is 1.38. The van der Waals surface area contributed by atoms with Crippen molar-refractivity contribution in [2.24, 2.45) is 5.73 Å². The average Bonchev–Trinajstić information content (AvgIpc) is 2.28. The molecule has 3 N–H and O–H groups in total. The van der Waals surface area contributed by atoms with Gasteiger partial charge in [0.15, 0.2) is 5.75 Å². The Morgan fingerprint density at radius 2 is 2.31 bits per heavy atom. The van der Waals surface area contributed by atoms with E-state index in [9.17, 15) is 10.1 Å². The second kappa shape index (κ2) is 5.43. The van der Waals surface area contributed by atoms with Crippen molar-refractivity contribution >= 4 is 5.69 Å². The minimum absolute atomic E-state index is 0.0273. The Hall–Kier alpha value is -1.66. The highest BCUT2D eigenvalue weighted by Gasteiger charge is 2.16. The van der Waals surface area contributed by atoms with E-state index in [0.717, 1.165) is 0 Å². The van der Waals surface area contributed by atoms with Crippen LogP contribution in [0.4, 0.5) is 5.69 Å². The molecule has 6 heteroatoms. The molecule has 0 saturated carbocycles. The summed E-state index contributed by atoms with van der Waals surface area (Å²) in [5.41, 5.74) is 6.38. The first-order chi connectivity index (χ1) is 7.60. The Morgan fingerprint density at radius 1 is 1.62 bits per heavy atom. The third-order valence-corrected chi connectivity index (χ3v) is 2.27. The molecule has 0 aliphatic carbocycles. The van der Waals surface area contributed by atoms with Gasteiger partial charge in [0, 0.05) is 18.7 Å². The summed E-state index contributed by atoms with van der Waals surface area (Å²) < 4.78 is 4.92. The van der Waals surface area contributed by atoms with E-state index < -0.39 is 4.92 Å². The molecule has 16 heavy (non-hydrogen) atoms. The van der Waals surface area contributed by atoms with Gasteiger partial charge in [-0.2, -0.15) is 0 Å². The van der Waals surface area contributed by atoms with Crippen LogP contribution in [0.3, 0.4) is 0 Å². The highest BCUT2D eigenvalue weighted by Crippen LogP contribution is 2.29. The lowest BCUT2D eigenvalue weighted by Gasteiger charge is -2.11. The van der Waals surface area contributed by atoms with Gasteiger partial charge in [-0.15, -0.1) is 0 Å². The van der Waals surface area contributed by atoms with Crippen molar-refractivity contribution in [3.63, 3.8) is 0 Å². The lowest BCUT2D eigenvalue weighted by molar-refractivity contribution is -0.385. The molecule has 1 aromatic carbocycles. The summed E-state index contributed by atoms with van der Waals surface area (Å²) in [6.07, 6.45) is 0.404. The Labute approximate surface area is 92.8 Å². The molecule has 0 heterocycles. The predicted molar refractivity (Wildman–Crippen MR) is 58.3 cm³/mol. The number of ether oxygens (including phenoxy) is 1. The van der Waals surface area contributed by atoms with Crippen LogP contribution in [0.2, 0.25) is 0 Å². The van der Waals surface area contributed by atoms with Crippen molar-refractivity contribution in [1.82, 2.24) is 0 Å². The molecule has 0 amide bonds. The van der Waals surface area contributed by atoms with Gasteiger partial charge in [0.1, 0.15) is 0 Å². The molecule has 0 bridgehead atoms. The molecule has 1 aromatic rings. The van der Waals surface area contributed by atoms with Crippen LogP contribution in [0.25, 0.3) is 0 Å². The number of nitro benzene ring substituents is 1. The summed E-state index contributed by atoms with van der Waals surface area (Å²) in [5, 5.41) is 19.4.